The van der Waals surface area contributed by atoms with Crippen LogP contribution in [0.5, 0.6) is 0 Å². The molecule has 0 spiro atoms. The van der Waals surface area contributed by atoms with Gasteiger partial charge in [0.2, 0.25) is 0 Å². The van der Waals surface area contributed by atoms with Gasteiger partial charge in [0.25, 0.3) is 5.91 Å². The third kappa shape index (κ3) is 5.45. The van der Waals surface area contributed by atoms with Crippen molar-refractivity contribution in [2.24, 2.45) is 11.8 Å². The van der Waals surface area contributed by atoms with E-state index in [0.717, 1.165) is 17.8 Å². The largest absolute Gasteiger partial charge is 0.386 e. The number of anilines is 1. The number of sulfone groups is 1. The molecule has 2 aliphatic rings. The van der Waals surface area contributed by atoms with Crippen LogP contribution in [0.4, 0.5) is 14.5 Å². The first-order valence-electron chi connectivity index (χ1n) is 13.8. The number of nitrogens with one attached hydrogen (secondary N) is 1. The molecule has 3 aromatic rings. The minimum absolute atomic E-state index is 0.00230. The van der Waals surface area contributed by atoms with E-state index in [9.17, 15) is 32.2 Å². The van der Waals surface area contributed by atoms with E-state index in [-0.39, 0.29) is 39.4 Å². The fourth-order valence-electron chi connectivity index (χ4n) is 6.32. The molecule has 2 fully saturated rings. The minimum Gasteiger partial charge on any atom is -0.386 e. The van der Waals surface area contributed by atoms with Gasteiger partial charge in [0.1, 0.15) is 11.7 Å². The zero-order valence-corrected chi connectivity index (χ0v) is 25.0. The summed E-state index contributed by atoms with van der Waals surface area (Å²) in [6.07, 6.45) is 0.0223. The number of benzene rings is 2. The molecule has 2 aliphatic carbocycles. The topological polar surface area (TPSA) is 117 Å². The molecule has 1 aromatic heterocycles. The van der Waals surface area contributed by atoms with Gasteiger partial charge in [0, 0.05) is 28.4 Å². The monoisotopic (exact) mass is 618 g/mol. The minimum atomic E-state index is -4.06. The summed E-state index contributed by atoms with van der Waals surface area (Å²) in [4.78, 5) is 17.2. The Morgan fingerprint density at radius 3 is 2.33 bits per heavy atom. The normalized spacial score (nSPS) is 24.8. The highest BCUT2D eigenvalue weighted by molar-refractivity contribution is 7.92. The van der Waals surface area contributed by atoms with Gasteiger partial charge in [0.15, 0.2) is 21.5 Å². The van der Waals surface area contributed by atoms with Gasteiger partial charge >= 0.3 is 0 Å². The Kier molecular flexibility index (Phi) is 7.98. The van der Waals surface area contributed by atoms with Crippen molar-refractivity contribution >= 4 is 33.0 Å². The SMILES string of the molecule is CC(C)(C)c1cccc(C(O)C2(O)C3CC[C@H]2CC(S(=O)(=O)c2cc(C(=O)Nc4ccc(F)c(F)c4)ccc2Cl)C3)n1. The van der Waals surface area contributed by atoms with Crippen molar-refractivity contribution in [2.75, 3.05) is 5.32 Å². The van der Waals surface area contributed by atoms with E-state index in [1.807, 2.05) is 26.8 Å². The van der Waals surface area contributed by atoms with Crippen molar-refractivity contribution in [3.8, 4) is 0 Å². The number of fused-ring (bicyclic) bond motifs is 2. The number of pyridine rings is 1. The molecule has 2 aromatic carbocycles. The first kappa shape index (κ1) is 30.5. The van der Waals surface area contributed by atoms with Gasteiger partial charge in [-0.05, 0) is 80.0 Å². The van der Waals surface area contributed by atoms with Crippen LogP contribution in [0.2, 0.25) is 5.02 Å². The van der Waals surface area contributed by atoms with E-state index in [2.05, 4.69) is 10.3 Å². The Balaban J connectivity index is 1.38. The molecule has 42 heavy (non-hydrogen) atoms. The lowest BCUT2D eigenvalue weighted by Gasteiger charge is -2.45. The maximum absolute atomic E-state index is 13.9. The number of rotatable bonds is 6. The number of halogens is 3. The summed E-state index contributed by atoms with van der Waals surface area (Å²) < 4.78 is 54.6. The van der Waals surface area contributed by atoms with Crippen LogP contribution in [0, 0.1) is 23.5 Å². The first-order chi connectivity index (χ1) is 19.6. The van der Waals surface area contributed by atoms with Crippen molar-refractivity contribution in [1.29, 1.82) is 0 Å². The highest BCUT2D eigenvalue weighted by Gasteiger charge is 2.59. The third-order valence-electron chi connectivity index (χ3n) is 8.64. The summed E-state index contributed by atoms with van der Waals surface area (Å²) in [6.45, 7) is 6.02. The van der Waals surface area contributed by atoms with Crippen LogP contribution in [0.25, 0.3) is 0 Å². The predicted molar refractivity (Wildman–Crippen MR) is 155 cm³/mol. The lowest BCUT2D eigenvalue weighted by Crippen LogP contribution is -2.52. The summed E-state index contributed by atoms with van der Waals surface area (Å²) >= 11 is 6.33. The molecule has 1 amide bonds. The molecule has 224 valence electrons. The molecule has 4 unspecified atom stereocenters. The number of carbonyl (C=O) groups is 1. The number of aromatic nitrogens is 1. The predicted octanol–water partition coefficient (Wildman–Crippen LogP) is 5.99. The first-order valence-corrected chi connectivity index (χ1v) is 15.7. The highest BCUT2D eigenvalue weighted by Crippen LogP contribution is 2.56. The van der Waals surface area contributed by atoms with E-state index in [1.54, 1.807) is 12.1 Å². The number of nitrogens with zero attached hydrogens (tertiary/aromatic N) is 1. The molecular formula is C31H33ClF2N2O5S. The number of hydrogen-bond donors (Lipinski definition) is 3. The summed E-state index contributed by atoms with van der Waals surface area (Å²) in [6, 6.07) is 12.0. The molecule has 2 saturated carbocycles. The zero-order valence-electron chi connectivity index (χ0n) is 23.4. The number of amides is 1. The Morgan fingerprint density at radius 2 is 1.71 bits per heavy atom. The van der Waals surface area contributed by atoms with Crippen molar-refractivity contribution in [3.05, 3.63) is 88.2 Å². The molecule has 0 aliphatic heterocycles. The van der Waals surface area contributed by atoms with Gasteiger partial charge in [-0.2, -0.15) is 0 Å². The Labute approximate surface area is 248 Å². The van der Waals surface area contributed by atoms with Gasteiger partial charge in [-0.25, -0.2) is 17.2 Å². The molecule has 0 radical (unpaired) electrons. The van der Waals surface area contributed by atoms with Crippen molar-refractivity contribution in [2.45, 2.75) is 73.7 Å². The van der Waals surface area contributed by atoms with Gasteiger partial charge < -0.3 is 15.5 Å². The van der Waals surface area contributed by atoms with Crippen LogP contribution in [-0.2, 0) is 15.3 Å². The molecule has 5 atom stereocenters. The molecular weight excluding hydrogens is 586 g/mol. The molecule has 2 bridgehead atoms. The summed E-state index contributed by atoms with van der Waals surface area (Å²) in [5.41, 5.74) is -0.699. The maximum atomic E-state index is 13.9. The smallest absolute Gasteiger partial charge is 0.255 e. The second-order valence-corrected chi connectivity index (χ2v) is 14.9. The van der Waals surface area contributed by atoms with Crippen LogP contribution in [-0.4, -0.2) is 40.4 Å². The van der Waals surface area contributed by atoms with Gasteiger partial charge in [-0.15, -0.1) is 0 Å². The molecule has 5 rings (SSSR count). The maximum Gasteiger partial charge on any atom is 0.255 e. The van der Waals surface area contributed by atoms with Crippen molar-refractivity contribution < 1.29 is 32.2 Å². The standard InChI is InChI=1S/C31H33ClF2N2O5S/c1-30(2,3)27-6-4-5-25(36-27)28(37)31(39)18-8-9-19(31)15-21(14-18)42(40,41)26-13-17(7-11-22(26)32)29(38)35-20-10-12-23(33)24(34)16-20/h4-7,10-13,16,18-19,21,28,37,39H,8-9,14-15H2,1-3H3,(H,35,38)/t18-,19?,21?,28?,31?/m0/s1. The quantitative estimate of drug-likeness (QED) is 0.312. The van der Waals surface area contributed by atoms with Crippen LogP contribution < -0.4 is 5.32 Å². The van der Waals surface area contributed by atoms with Crippen LogP contribution >= 0.6 is 11.6 Å². The Bertz CT molecular complexity index is 1630. The van der Waals surface area contributed by atoms with Crippen LogP contribution in [0.3, 0.4) is 0 Å². The number of aliphatic hydroxyl groups is 2. The zero-order chi connectivity index (χ0) is 30.6. The highest BCUT2D eigenvalue weighted by atomic mass is 35.5. The molecule has 1 heterocycles. The van der Waals surface area contributed by atoms with E-state index >= 15 is 0 Å². The molecule has 7 nitrogen and oxygen atoms in total. The fourth-order valence-corrected chi connectivity index (χ4v) is 8.72. The third-order valence-corrected chi connectivity index (χ3v) is 11.3. The molecule has 0 saturated heterocycles. The number of aliphatic hydroxyl groups excluding tert-OH is 1. The molecule has 3 N–H and O–H groups in total. The number of hydrogen-bond acceptors (Lipinski definition) is 6. The second kappa shape index (κ2) is 11.0. The van der Waals surface area contributed by atoms with E-state index in [4.69, 9.17) is 11.6 Å². The number of carbonyl (C=O) groups excluding carboxylic acids is 1. The van der Waals surface area contributed by atoms with Crippen molar-refractivity contribution in [3.63, 3.8) is 0 Å². The Morgan fingerprint density at radius 1 is 1.05 bits per heavy atom. The molecule has 11 heteroatoms. The van der Waals surface area contributed by atoms with E-state index in [1.165, 1.54) is 24.3 Å². The second-order valence-electron chi connectivity index (χ2n) is 12.3. The van der Waals surface area contributed by atoms with Gasteiger partial charge in [-0.3, -0.25) is 9.78 Å². The van der Waals surface area contributed by atoms with Crippen LogP contribution in [0.1, 0.15) is 74.3 Å². The lowest BCUT2D eigenvalue weighted by atomic mass is 9.70. The van der Waals surface area contributed by atoms with Crippen molar-refractivity contribution in [1.82, 2.24) is 4.98 Å². The summed E-state index contributed by atoms with van der Waals surface area (Å²) in [5, 5.41) is 24.8. The van der Waals surface area contributed by atoms with Gasteiger partial charge in [0.05, 0.1) is 20.9 Å². The average molecular weight is 619 g/mol. The van der Waals surface area contributed by atoms with E-state index < -0.39 is 56.2 Å². The van der Waals surface area contributed by atoms with Gasteiger partial charge in [-0.1, -0.05) is 38.4 Å². The summed E-state index contributed by atoms with van der Waals surface area (Å²) in [5.74, 6) is -3.92. The Hall–Kier alpha value is -2.92. The average Bonchev–Trinajstić information content (AvgIpc) is 3.10. The van der Waals surface area contributed by atoms with E-state index in [0.29, 0.717) is 18.5 Å². The lowest BCUT2D eigenvalue weighted by molar-refractivity contribution is -0.145. The summed E-state index contributed by atoms with van der Waals surface area (Å²) in [7, 11) is -4.06. The fraction of sp³-hybridized carbons (Fsp3) is 0.419. The van der Waals surface area contributed by atoms with Crippen LogP contribution in [0.15, 0.2) is 59.5 Å².